The molecule has 1 amide bonds. The SMILES string of the molecule is Cc1ccc(C(=O)N2CCCN(C)CC2)cc1Br. The predicted molar refractivity (Wildman–Crippen MR) is 76.9 cm³/mol. The first-order chi connectivity index (χ1) is 8.58. The van der Waals surface area contributed by atoms with Gasteiger partial charge in [0.1, 0.15) is 0 Å². The number of halogens is 1. The summed E-state index contributed by atoms with van der Waals surface area (Å²) in [7, 11) is 2.11. The first-order valence-electron chi connectivity index (χ1n) is 6.32. The molecule has 1 aliphatic heterocycles. The summed E-state index contributed by atoms with van der Waals surface area (Å²) in [5, 5.41) is 0. The van der Waals surface area contributed by atoms with Crippen molar-refractivity contribution in [2.75, 3.05) is 33.2 Å². The van der Waals surface area contributed by atoms with Crippen LogP contribution < -0.4 is 0 Å². The second-order valence-corrected chi connectivity index (χ2v) is 5.77. The van der Waals surface area contributed by atoms with Crippen LogP contribution in [0, 0.1) is 6.92 Å². The van der Waals surface area contributed by atoms with Crippen LogP contribution in [0.4, 0.5) is 0 Å². The van der Waals surface area contributed by atoms with Crippen LogP contribution in [0.3, 0.4) is 0 Å². The minimum absolute atomic E-state index is 0.144. The quantitative estimate of drug-likeness (QED) is 0.796. The standard InChI is InChI=1S/C14H19BrN2O/c1-11-4-5-12(10-13(11)15)14(18)17-7-3-6-16(2)8-9-17/h4-5,10H,3,6-9H2,1-2H3. The average Bonchev–Trinajstić information content (AvgIpc) is 2.57. The molecule has 0 aromatic heterocycles. The number of amides is 1. The Bertz CT molecular complexity index is 447. The summed E-state index contributed by atoms with van der Waals surface area (Å²) in [4.78, 5) is 16.6. The molecule has 2 rings (SSSR count). The van der Waals surface area contributed by atoms with Gasteiger partial charge in [-0.15, -0.1) is 0 Å². The lowest BCUT2D eigenvalue weighted by Gasteiger charge is -2.20. The normalized spacial score (nSPS) is 17.6. The first kappa shape index (κ1) is 13.6. The molecule has 0 saturated carbocycles. The van der Waals surface area contributed by atoms with Crippen molar-refractivity contribution in [2.24, 2.45) is 0 Å². The number of rotatable bonds is 1. The van der Waals surface area contributed by atoms with Gasteiger partial charge < -0.3 is 9.80 Å². The fraction of sp³-hybridized carbons (Fsp3) is 0.500. The Hall–Kier alpha value is -0.870. The zero-order valence-electron chi connectivity index (χ0n) is 10.9. The van der Waals surface area contributed by atoms with Crippen LogP contribution in [0.2, 0.25) is 0 Å². The summed E-state index contributed by atoms with van der Waals surface area (Å²) >= 11 is 3.48. The van der Waals surface area contributed by atoms with E-state index in [0.29, 0.717) is 0 Å². The molecule has 0 bridgehead atoms. The predicted octanol–water partition coefficient (Wildman–Crippen LogP) is 2.54. The molecule has 98 valence electrons. The van der Waals surface area contributed by atoms with E-state index in [0.717, 1.165) is 48.2 Å². The molecule has 18 heavy (non-hydrogen) atoms. The van der Waals surface area contributed by atoms with Crippen LogP contribution in [-0.2, 0) is 0 Å². The Morgan fingerprint density at radius 2 is 2.00 bits per heavy atom. The lowest BCUT2D eigenvalue weighted by molar-refractivity contribution is 0.0763. The third-order valence-corrected chi connectivity index (χ3v) is 4.28. The molecule has 1 heterocycles. The average molecular weight is 311 g/mol. The molecule has 0 aliphatic carbocycles. The lowest BCUT2D eigenvalue weighted by atomic mass is 10.1. The maximum atomic E-state index is 12.4. The van der Waals surface area contributed by atoms with Crippen molar-refractivity contribution >= 4 is 21.8 Å². The molecular formula is C14H19BrN2O. The van der Waals surface area contributed by atoms with Gasteiger partial charge in [0, 0.05) is 29.7 Å². The molecule has 1 aliphatic rings. The fourth-order valence-corrected chi connectivity index (χ4v) is 2.54. The minimum Gasteiger partial charge on any atom is -0.337 e. The van der Waals surface area contributed by atoms with E-state index in [-0.39, 0.29) is 5.91 Å². The number of nitrogens with zero attached hydrogens (tertiary/aromatic N) is 2. The Morgan fingerprint density at radius 3 is 2.72 bits per heavy atom. The van der Waals surface area contributed by atoms with E-state index >= 15 is 0 Å². The number of carbonyl (C=O) groups excluding carboxylic acids is 1. The summed E-state index contributed by atoms with van der Waals surface area (Å²) in [5.74, 6) is 0.144. The van der Waals surface area contributed by atoms with E-state index in [1.807, 2.05) is 30.0 Å². The molecule has 1 aromatic carbocycles. The summed E-state index contributed by atoms with van der Waals surface area (Å²) in [6.07, 6.45) is 1.05. The number of hydrogen-bond acceptors (Lipinski definition) is 2. The third kappa shape index (κ3) is 3.12. The van der Waals surface area contributed by atoms with Gasteiger partial charge in [-0.3, -0.25) is 4.79 Å². The zero-order chi connectivity index (χ0) is 13.1. The van der Waals surface area contributed by atoms with Crippen molar-refractivity contribution < 1.29 is 4.79 Å². The summed E-state index contributed by atoms with van der Waals surface area (Å²) in [5.41, 5.74) is 1.93. The van der Waals surface area contributed by atoms with Crippen molar-refractivity contribution in [3.8, 4) is 0 Å². The van der Waals surface area contributed by atoms with Gasteiger partial charge in [0.05, 0.1) is 0 Å². The van der Waals surface area contributed by atoms with Crippen LogP contribution in [-0.4, -0.2) is 48.9 Å². The van der Waals surface area contributed by atoms with E-state index in [2.05, 4.69) is 27.9 Å². The van der Waals surface area contributed by atoms with Gasteiger partial charge in [-0.25, -0.2) is 0 Å². The number of benzene rings is 1. The molecule has 1 aromatic rings. The largest absolute Gasteiger partial charge is 0.337 e. The maximum absolute atomic E-state index is 12.4. The highest BCUT2D eigenvalue weighted by Crippen LogP contribution is 2.19. The number of carbonyl (C=O) groups is 1. The first-order valence-corrected chi connectivity index (χ1v) is 7.11. The molecule has 0 atom stereocenters. The van der Waals surface area contributed by atoms with Gasteiger partial charge >= 0.3 is 0 Å². The Morgan fingerprint density at radius 1 is 1.22 bits per heavy atom. The highest BCUT2D eigenvalue weighted by molar-refractivity contribution is 9.10. The zero-order valence-corrected chi connectivity index (χ0v) is 12.5. The molecule has 4 heteroatoms. The van der Waals surface area contributed by atoms with Crippen LogP contribution >= 0.6 is 15.9 Å². The summed E-state index contributed by atoms with van der Waals surface area (Å²) < 4.78 is 1.00. The smallest absolute Gasteiger partial charge is 0.253 e. The second-order valence-electron chi connectivity index (χ2n) is 4.91. The molecule has 1 fully saturated rings. The van der Waals surface area contributed by atoms with Gasteiger partial charge in [0.15, 0.2) is 0 Å². The van der Waals surface area contributed by atoms with Crippen LogP contribution in [0.25, 0.3) is 0 Å². The van der Waals surface area contributed by atoms with Crippen molar-refractivity contribution in [1.82, 2.24) is 9.80 Å². The van der Waals surface area contributed by atoms with Gasteiger partial charge in [0.25, 0.3) is 5.91 Å². The second kappa shape index (κ2) is 5.85. The van der Waals surface area contributed by atoms with E-state index in [4.69, 9.17) is 0 Å². The molecule has 1 saturated heterocycles. The molecule has 0 N–H and O–H groups in total. The van der Waals surface area contributed by atoms with Crippen LogP contribution in [0.5, 0.6) is 0 Å². The summed E-state index contributed by atoms with van der Waals surface area (Å²) in [6, 6.07) is 5.82. The fourth-order valence-electron chi connectivity index (χ4n) is 2.16. The lowest BCUT2D eigenvalue weighted by Crippen LogP contribution is -2.34. The van der Waals surface area contributed by atoms with Crippen molar-refractivity contribution in [3.63, 3.8) is 0 Å². The van der Waals surface area contributed by atoms with Crippen molar-refractivity contribution in [1.29, 1.82) is 0 Å². The molecule has 3 nitrogen and oxygen atoms in total. The van der Waals surface area contributed by atoms with Crippen LogP contribution in [0.1, 0.15) is 22.3 Å². The number of likely N-dealkylation sites (N-methyl/N-ethyl adjacent to an activating group) is 1. The maximum Gasteiger partial charge on any atom is 0.253 e. The molecule has 0 radical (unpaired) electrons. The molecule has 0 unspecified atom stereocenters. The van der Waals surface area contributed by atoms with Gasteiger partial charge in [-0.05, 0) is 44.6 Å². The Labute approximate surface area is 117 Å². The van der Waals surface area contributed by atoms with Gasteiger partial charge in [-0.1, -0.05) is 22.0 Å². The van der Waals surface area contributed by atoms with E-state index in [1.54, 1.807) is 0 Å². The number of aryl methyl sites for hydroxylation is 1. The van der Waals surface area contributed by atoms with Gasteiger partial charge in [-0.2, -0.15) is 0 Å². The Kier molecular flexibility index (Phi) is 4.40. The van der Waals surface area contributed by atoms with E-state index in [9.17, 15) is 4.79 Å². The van der Waals surface area contributed by atoms with Gasteiger partial charge in [0.2, 0.25) is 0 Å². The third-order valence-electron chi connectivity index (χ3n) is 3.43. The molecular weight excluding hydrogens is 292 g/mol. The van der Waals surface area contributed by atoms with Crippen molar-refractivity contribution in [2.45, 2.75) is 13.3 Å². The monoisotopic (exact) mass is 310 g/mol. The highest BCUT2D eigenvalue weighted by atomic mass is 79.9. The van der Waals surface area contributed by atoms with Crippen LogP contribution in [0.15, 0.2) is 22.7 Å². The highest BCUT2D eigenvalue weighted by Gasteiger charge is 2.19. The summed E-state index contributed by atoms with van der Waals surface area (Å²) in [6.45, 7) is 5.73. The van der Waals surface area contributed by atoms with E-state index < -0.39 is 0 Å². The number of hydrogen-bond donors (Lipinski definition) is 0. The molecule has 0 spiro atoms. The van der Waals surface area contributed by atoms with Crippen molar-refractivity contribution in [3.05, 3.63) is 33.8 Å². The van der Waals surface area contributed by atoms with E-state index in [1.165, 1.54) is 0 Å². The Balaban J connectivity index is 2.12. The minimum atomic E-state index is 0.144. The topological polar surface area (TPSA) is 23.6 Å².